The van der Waals surface area contributed by atoms with Crippen LogP contribution in [0.15, 0.2) is 143 Å². The van der Waals surface area contributed by atoms with Gasteiger partial charge < -0.3 is 28.7 Å². The smallest absolute Gasteiger partial charge is 0.317 e. The molecule has 14 nitrogen and oxygen atoms in total. The minimum Gasteiger partial charge on any atom is -0.480 e. The van der Waals surface area contributed by atoms with Crippen LogP contribution in [0.5, 0.6) is 0 Å². The van der Waals surface area contributed by atoms with Gasteiger partial charge in [0.25, 0.3) is 11.8 Å². The van der Waals surface area contributed by atoms with Gasteiger partial charge in [0.1, 0.15) is 0 Å². The van der Waals surface area contributed by atoms with E-state index in [9.17, 15) is 19.8 Å². The number of aryl methyl sites for hydroxylation is 1. The van der Waals surface area contributed by atoms with Crippen molar-refractivity contribution in [2.45, 2.75) is 52.5 Å². The van der Waals surface area contributed by atoms with Gasteiger partial charge in [0.2, 0.25) is 11.6 Å². The molecule has 0 aliphatic carbocycles. The minimum absolute atomic E-state index is 0.0561. The predicted molar refractivity (Wildman–Crippen MR) is 267 cm³/mol. The molecule has 0 unspecified atom stereocenters. The number of hydrogen-bond donors (Lipinski definition) is 2. The molecule has 0 saturated carbocycles. The molecule has 0 aliphatic heterocycles. The zero-order valence-corrected chi connectivity index (χ0v) is 40.1. The summed E-state index contributed by atoms with van der Waals surface area (Å²) in [6.07, 6.45) is 0.657. The van der Waals surface area contributed by atoms with Crippen LogP contribution in [0.3, 0.4) is 0 Å². The molecule has 358 valence electrons. The molecule has 6 aromatic carbocycles. The van der Waals surface area contributed by atoms with Gasteiger partial charge in [-0.2, -0.15) is 9.97 Å². The summed E-state index contributed by atoms with van der Waals surface area (Å²) in [6.45, 7) is 7.10. The molecular weight excluding hydrogens is 885 g/mol. The van der Waals surface area contributed by atoms with E-state index in [4.69, 9.17) is 28.5 Å². The molecule has 2 heterocycles. The maximum atomic E-state index is 11.2. The maximum Gasteiger partial charge on any atom is 0.317 e. The predicted octanol–water partition coefficient (Wildman–Crippen LogP) is 10.8. The molecule has 0 fully saturated rings. The minimum atomic E-state index is -0.873. The molecule has 0 radical (unpaired) electrons. The third-order valence-electron chi connectivity index (χ3n) is 12.8. The first-order valence-electron chi connectivity index (χ1n) is 23.1. The Kier molecular flexibility index (Phi) is 15.5. The van der Waals surface area contributed by atoms with E-state index in [1.54, 1.807) is 31.0 Å². The summed E-state index contributed by atoms with van der Waals surface area (Å²) in [5.41, 5.74) is 13.6. The van der Waals surface area contributed by atoms with Gasteiger partial charge in [-0.15, -0.1) is 0 Å². The van der Waals surface area contributed by atoms with Crippen molar-refractivity contribution in [2.75, 3.05) is 40.9 Å². The zero-order valence-electron chi connectivity index (χ0n) is 40.1. The second kappa shape index (κ2) is 22.2. The lowest BCUT2D eigenvalue weighted by atomic mass is 9.93. The number of methoxy groups -OCH3 is 1. The van der Waals surface area contributed by atoms with Gasteiger partial charge in [0.05, 0.1) is 32.9 Å². The monoisotopic (exact) mass is 940 g/mol. The van der Waals surface area contributed by atoms with Gasteiger partial charge in [-0.05, 0) is 121 Å². The Morgan fingerprint density at radius 3 is 1.51 bits per heavy atom. The second-order valence-electron chi connectivity index (χ2n) is 17.5. The van der Waals surface area contributed by atoms with Crippen molar-refractivity contribution in [2.24, 2.45) is 0 Å². The Morgan fingerprint density at radius 1 is 0.571 bits per heavy atom. The molecule has 0 amide bonds. The summed E-state index contributed by atoms with van der Waals surface area (Å²) in [7, 11) is 5.25. The van der Waals surface area contributed by atoms with Crippen LogP contribution in [0.4, 0.5) is 0 Å². The molecule has 8 aromatic rings. The molecule has 2 N–H and O–H groups in total. The first-order chi connectivity index (χ1) is 33.9. The third-order valence-corrected chi connectivity index (χ3v) is 12.8. The van der Waals surface area contributed by atoms with Crippen LogP contribution in [-0.2, 0) is 38.7 Å². The van der Waals surface area contributed by atoms with E-state index >= 15 is 0 Å². The number of carboxylic acids is 2. The van der Waals surface area contributed by atoms with Crippen molar-refractivity contribution >= 4 is 11.9 Å². The van der Waals surface area contributed by atoms with Crippen molar-refractivity contribution in [3.63, 3.8) is 0 Å². The quantitative estimate of drug-likeness (QED) is 0.0650. The first kappa shape index (κ1) is 48.8. The molecule has 0 bridgehead atoms. The molecule has 0 aliphatic rings. The zero-order chi connectivity index (χ0) is 49.3. The third kappa shape index (κ3) is 11.4. The number of benzene rings is 6. The molecule has 2 aromatic heterocycles. The van der Waals surface area contributed by atoms with Crippen LogP contribution >= 0.6 is 0 Å². The molecule has 2 atom stereocenters. The van der Waals surface area contributed by atoms with Crippen LogP contribution in [0.2, 0.25) is 0 Å². The molecule has 14 heteroatoms. The number of likely N-dealkylation sites (N-methyl/N-ethyl adjacent to an activating group) is 2. The van der Waals surface area contributed by atoms with Crippen molar-refractivity contribution in [1.82, 2.24) is 30.1 Å². The highest BCUT2D eigenvalue weighted by Crippen LogP contribution is 2.35. The molecular formula is C56H56N6O8. The lowest BCUT2D eigenvalue weighted by molar-refractivity contribution is -0.139. The summed E-state index contributed by atoms with van der Waals surface area (Å²) in [5.74, 6) is -0.0725. The number of aliphatic carboxylic acids is 2. The lowest BCUT2D eigenvalue weighted by Crippen LogP contribution is -2.28. The Labute approximate surface area is 407 Å². The van der Waals surface area contributed by atoms with Crippen LogP contribution in [-0.4, -0.2) is 93.1 Å². The van der Waals surface area contributed by atoms with E-state index in [0.29, 0.717) is 49.7 Å². The van der Waals surface area contributed by atoms with Crippen LogP contribution in [0.1, 0.15) is 59.3 Å². The van der Waals surface area contributed by atoms with Gasteiger partial charge in [0.15, 0.2) is 0 Å². The standard InChI is InChI=1S/C56H56N6O8/c1-35-11-7-9-13-47(35)49-25-23-44(56-58-54(60-70-56)42-21-17-39(18-22-42)37(3)62(5)32-52(65)66)30-46(49)34-68-28-27-40-12-8-10-14-48(40)50-26-24-43(29-45(50)33-67-6)55-57-53(59-69-55)41-19-15-38(16-20-41)36(2)61(4)31-51(63)64/h7-26,29-30,36-37H,27-28,31-34H2,1-6H3,(H,63,64)(H,65,66)/t36-,37+/m0/s1. The Balaban J connectivity index is 0.970. The van der Waals surface area contributed by atoms with Crippen LogP contribution < -0.4 is 0 Å². The van der Waals surface area contributed by atoms with Crippen molar-refractivity contribution in [3.05, 3.63) is 167 Å². The number of nitrogens with zero attached hydrogens (tertiary/aromatic N) is 6. The van der Waals surface area contributed by atoms with Gasteiger partial charge in [-0.1, -0.05) is 120 Å². The largest absolute Gasteiger partial charge is 0.480 e. The fourth-order valence-electron chi connectivity index (χ4n) is 8.56. The van der Waals surface area contributed by atoms with Crippen LogP contribution in [0, 0.1) is 6.92 Å². The van der Waals surface area contributed by atoms with E-state index in [-0.39, 0.29) is 25.2 Å². The first-order valence-corrected chi connectivity index (χ1v) is 23.1. The Hall–Kier alpha value is -7.62. The average molecular weight is 941 g/mol. The lowest BCUT2D eigenvalue weighted by Gasteiger charge is -2.23. The summed E-state index contributed by atoms with van der Waals surface area (Å²) < 4.78 is 23.8. The van der Waals surface area contributed by atoms with E-state index in [0.717, 1.165) is 77.9 Å². The van der Waals surface area contributed by atoms with E-state index in [1.807, 2.05) is 105 Å². The Bertz CT molecular complexity index is 3070. The highest BCUT2D eigenvalue weighted by molar-refractivity contribution is 5.76. The normalized spacial score (nSPS) is 12.4. The summed E-state index contributed by atoms with van der Waals surface area (Å²) >= 11 is 0. The van der Waals surface area contributed by atoms with Gasteiger partial charge in [-0.25, -0.2) is 0 Å². The number of carbonyl (C=O) groups is 2. The van der Waals surface area contributed by atoms with Gasteiger partial charge >= 0.3 is 11.9 Å². The van der Waals surface area contributed by atoms with Gasteiger partial charge in [-0.3, -0.25) is 19.4 Å². The second-order valence-corrected chi connectivity index (χ2v) is 17.5. The number of aromatic nitrogens is 4. The average Bonchev–Trinajstić information content (AvgIpc) is 4.07. The SMILES string of the molecule is COCc1cc(-c2nc(-c3ccc([C@H](C)N(C)CC(=O)O)cc3)no2)ccc1-c1ccccc1CCOCc1cc(-c2nc(-c3ccc([C@@H](C)N(C)CC(=O)O)cc3)no2)ccc1-c1ccccc1C. The highest BCUT2D eigenvalue weighted by atomic mass is 16.5. The van der Waals surface area contributed by atoms with E-state index in [1.165, 1.54) is 0 Å². The fourth-order valence-corrected chi connectivity index (χ4v) is 8.56. The van der Waals surface area contributed by atoms with Crippen molar-refractivity contribution < 1.29 is 38.3 Å². The molecule has 70 heavy (non-hydrogen) atoms. The fraction of sp³-hybridized carbons (Fsp3) is 0.250. The summed E-state index contributed by atoms with van der Waals surface area (Å²) in [4.78, 5) is 35.5. The topological polar surface area (TPSA) is 177 Å². The Morgan fingerprint density at radius 2 is 1.01 bits per heavy atom. The number of hydrogen-bond acceptors (Lipinski definition) is 12. The van der Waals surface area contributed by atoms with Crippen molar-refractivity contribution in [3.8, 4) is 67.9 Å². The molecule has 0 spiro atoms. The van der Waals surface area contributed by atoms with E-state index < -0.39 is 11.9 Å². The maximum absolute atomic E-state index is 11.2. The number of carboxylic acid groups (broad SMARTS) is 2. The number of rotatable bonds is 21. The van der Waals surface area contributed by atoms with Gasteiger partial charge in [0, 0.05) is 41.4 Å². The highest BCUT2D eigenvalue weighted by Gasteiger charge is 2.20. The number of ether oxygens (including phenoxy) is 2. The molecule has 8 rings (SSSR count). The summed E-state index contributed by atoms with van der Waals surface area (Å²) in [6, 6.07) is 44.2. The van der Waals surface area contributed by atoms with E-state index in [2.05, 4.69) is 59.7 Å². The summed E-state index contributed by atoms with van der Waals surface area (Å²) in [5, 5.41) is 27.0. The van der Waals surface area contributed by atoms with Crippen molar-refractivity contribution in [1.29, 1.82) is 0 Å². The van der Waals surface area contributed by atoms with Crippen LogP contribution in [0.25, 0.3) is 67.9 Å². The molecule has 0 saturated heterocycles.